The van der Waals surface area contributed by atoms with Crippen molar-refractivity contribution in [1.29, 1.82) is 0 Å². The Bertz CT molecular complexity index is 229. The molecule has 0 amide bonds. The number of hydrogen-bond acceptors (Lipinski definition) is 2. The Morgan fingerprint density at radius 3 is 2.42 bits per heavy atom. The number of piperidine rings is 1. The quantitative estimate of drug-likeness (QED) is 0.673. The molecule has 1 rings (SSSR count). The van der Waals surface area contributed by atoms with Gasteiger partial charge in [0.25, 0.3) is 0 Å². The Hall–Kier alpha value is -0.0800. The van der Waals surface area contributed by atoms with Gasteiger partial charge in [-0.15, -0.1) is 0 Å². The van der Waals surface area contributed by atoms with Crippen molar-refractivity contribution < 1.29 is 0 Å². The lowest BCUT2D eigenvalue weighted by Gasteiger charge is -2.45. The first-order valence-corrected chi connectivity index (χ1v) is 8.55. The van der Waals surface area contributed by atoms with Crippen molar-refractivity contribution in [3.8, 4) is 0 Å². The molecule has 0 radical (unpaired) electrons. The molecule has 0 aromatic rings. The predicted octanol–water partition coefficient (Wildman–Crippen LogP) is 4.04. The molecule has 1 aliphatic rings. The van der Waals surface area contributed by atoms with Gasteiger partial charge in [-0.2, -0.15) is 0 Å². The van der Waals surface area contributed by atoms with Gasteiger partial charge in [0.05, 0.1) is 0 Å². The Labute approximate surface area is 121 Å². The molecule has 0 aromatic heterocycles. The third-order valence-corrected chi connectivity index (χ3v) is 5.03. The largest absolute Gasteiger partial charge is 0.329 e. The highest BCUT2D eigenvalue weighted by atomic mass is 15.2. The van der Waals surface area contributed by atoms with E-state index in [4.69, 9.17) is 5.73 Å². The molecule has 1 saturated heterocycles. The smallest absolute Gasteiger partial charge is 0.0221 e. The van der Waals surface area contributed by atoms with Gasteiger partial charge in [-0.3, -0.25) is 4.90 Å². The van der Waals surface area contributed by atoms with E-state index in [0.717, 1.165) is 18.4 Å². The second-order valence-corrected chi connectivity index (χ2v) is 6.85. The average Bonchev–Trinajstić information content (AvgIpc) is 2.38. The lowest BCUT2D eigenvalue weighted by Crippen LogP contribution is -2.53. The lowest BCUT2D eigenvalue weighted by atomic mass is 9.84. The van der Waals surface area contributed by atoms with Crippen molar-refractivity contribution in [3.63, 3.8) is 0 Å². The van der Waals surface area contributed by atoms with Crippen LogP contribution in [0.3, 0.4) is 0 Å². The Balaban J connectivity index is 2.39. The van der Waals surface area contributed by atoms with Crippen LogP contribution in [0, 0.1) is 11.8 Å². The van der Waals surface area contributed by atoms with Crippen molar-refractivity contribution >= 4 is 0 Å². The maximum Gasteiger partial charge on any atom is 0.0221 e. The monoisotopic (exact) mass is 268 g/mol. The number of unbranched alkanes of at least 4 members (excludes halogenated alkanes) is 4. The highest BCUT2D eigenvalue weighted by Crippen LogP contribution is 2.29. The summed E-state index contributed by atoms with van der Waals surface area (Å²) in [5, 5.41) is 0. The Morgan fingerprint density at radius 1 is 1.11 bits per heavy atom. The summed E-state index contributed by atoms with van der Waals surface area (Å²) in [6.45, 7) is 11.6. The summed E-state index contributed by atoms with van der Waals surface area (Å²) in [4.78, 5) is 2.71. The number of hydrogen-bond donors (Lipinski definition) is 1. The summed E-state index contributed by atoms with van der Waals surface area (Å²) in [5.41, 5.74) is 6.06. The first-order chi connectivity index (χ1) is 9.10. The summed E-state index contributed by atoms with van der Waals surface area (Å²) in [5.74, 6) is 1.65. The van der Waals surface area contributed by atoms with Crippen LogP contribution in [0.4, 0.5) is 0 Å². The zero-order valence-corrected chi connectivity index (χ0v) is 13.7. The van der Waals surface area contributed by atoms with Crippen molar-refractivity contribution in [3.05, 3.63) is 0 Å². The molecule has 1 heterocycles. The predicted molar refractivity (Wildman–Crippen MR) is 85.3 cm³/mol. The molecule has 0 spiro atoms. The van der Waals surface area contributed by atoms with Gasteiger partial charge in [-0.25, -0.2) is 0 Å². The first kappa shape index (κ1) is 17.0. The van der Waals surface area contributed by atoms with Crippen LogP contribution >= 0.6 is 0 Å². The second-order valence-electron chi connectivity index (χ2n) is 6.85. The molecule has 0 saturated carbocycles. The van der Waals surface area contributed by atoms with Gasteiger partial charge in [0, 0.05) is 25.2 Å². The van der Waals surface area contributed by atoms with E-state index in [-0.39, 0.29) is 0 Å². The zero-order chi connectivity index (χ0) is 14.3. The van der Waals surface area contributed by atoms with Crippen molar-refractivity contribution in [1.82, 2.24) is 4.90 Å². The van der Waals surface area contributed by atoms with E-state index in [2.05, 4.69) is 32.6 Å². The van der Waals surface area contributed by atoms with Crippen LogP contribution in [0.1, 0.15) is 72.6 Å². The SMILES string of the molecule is CCCCCCCC(CN)N1CC(C)CC(C)C1C. The molecular formula is C17H36N2. The molecule has 2 nitrogen and oxygen atoms in total. The molecule has 1 aliphatic heterocycles. The van der Waals surface area contributed by atoms with Crippen LogP contribution in [0.15, 0.2) is 0 Å². The number of rotatable bonds is 8. The standard InChI is InChI=1S/C17H36N2/c1-5-6-7-8-9-10-17(12-18)19-13-14(2)11-15(3)16(19)4/h14-17H,5-13,18H2,1-4H3. The molecule has 1 fully saturated rings. The van der Waals surface area contributed by atoms with Gasteiger partial charge in [0.15, 0.2) is 0 Å². The molecule has 114 valence electrons. The van der Waals surface area contributed by atoms with Crippen LogP contribution in [0.5, 0.6) is 0 Å². The van der Waals surface area contributed by atoms with Gasteiger partial charge in [0.1, 0.15) is 0 Å². The van der Waals surface area contributed by atoms with E-state index in [9.17, 15) is 0 Å². The minimum absolute atomic E-state index is 0.613. The highest BCUT2D eigenvalue weighted by molar-refractivity contribution is 4.86. The van der Waals surface area contributed by atoms with E-state index in [1.54, 1.807) is 0 Å². The van der Waals surface area contributed by atoms with E-state index < -0.39 is 0 Å². The number of nitrogens with two attached hydrogens (primary N) is 1. The van der Waals surface area contributed by atoms with Crippen molar-refractivity contribution in [2.24, 2.45) is 17.6 Å². The van der Waals surface area contributed by atoms with Gasteiger partial charge in [0.2, 0.25) is 0 Å². The van der Waals surface area contributed by atoms with Crippen LogP contribution in [-0.2, 0) is 0 Å². The molecule has 2 N–H and O–H groups in total. The minimum Gasteiger partial charge on any atom is -0.329 e. The van der Waals surface area contributed by atoms with Crippen LogP contribution < -0.4 is 5.73 Å². The molecule has 2 heteroatoms. The van der Waals surface area contributed by atoms with Gasteiger partial charge in [-0.1, -0.05) is 52.9 Å². The van der Waals surface area contributed by atoms with E-state index >= 15 is 0 Å². The number of likely N-dealkylation sites (tertiary alicyclic amines) is 1. The minimum atomic E-state index is 0.613. The van der Waals surface area contributed by atoms with E-state index in [1.165, 1.54) is 51.5 Å². The summed E-state index contributed by atoms with van der Waals surface area (Å²) in [6.07, 6.45) is 9.54. The zero-order valence-electron chi connectivity index (χ0n) is 13.7. The topological polar surface area (TPSA) is 29.3 Å². The van der Waals surface area contributed by atoms with Crippen LogP contribution in [0.25, 0.3) is 0 Å². The maximum atomic E-state index is 6.06. The highest BCUT2D eigenvalue weighted by Gasteiger charge is 2.32. The first-order valence-electron chi connectivity index (χ1n) is 8.55. The summed E-state index contributed by atoms with van der Waals surface area (Å²) < 4.78 is 0. The maximum absolute atomic E-state index is 6.06. The Morgan fingerprint density at radius 2 is 1.79 bits per heavy atom. The second kappa shape index (κ2) is 8.97. The lowest BCUT2D eigenvalue weighted by molar-refractivity contribution is 0.0389. The summed E-state index contributed by atoms with van der Waals surface area (Å²) >= 11 is 0. The molecule has 19 heavy (non-hydrogen) atoms. The van der Waals surface area contributed by atoms with Crippen LogP contribution in [0.2, 0.25) is 0 Å². The van der Waals surface area contributed by atoms with Crippen molar-refractivity contribution in [2.75, 3.05) is 13.1 Å². The molecule has 0 aromatic carbocycles. The Kier molecular flexibility index (Phi) is 8.01. The van der Waals surface area contributed by atoms with Crippen molar-refractivity contribution in [2.45, 2.75) is 84.7 Å². The molecule has 4 atom stereocenters. The van der Waals surface area contributed by atoms with E-state index in [0.29, 0.717) is 12.1 Å². The van der Waals surface area contributed by atoms with Crippen LogP contribution in [-0.4, -0.2) is 30.1 Å². The fraction of sp³-hybridized carbons (Fsp3) is 1.00. The van der Waals surface area contributed by atoms with Gasteiger partial charge < -0.3 is 5.73 Å². The fourth-order valence-electron chi connectivity index (χ4n) is 3.64. The molecular weight excluding hydrogens is 232 g/mol. The third-order valence-electron chi connectivity index (χ3n) is 5.03. The summed E-state index contributed by atoms with van der Waals surface area (Å²) in [7, 11) is 0. The normalized spacial score (nSPS) is 30.5. The summed E-state index contributed by atoms with van der Waals surface area (Å²) in [6, 6.07) is 1.32. The fourth-order valence-corrected chi connectivity index (χ4v) is 3.64. The van der Waals surface area contributed by atoms with Gasteiger partial charge >= 0.3 is 0 Å². The number of nitrogens with zero attached hydrogens (tertiary/aromatic N) is 1. The molecule has 4 unspecified atom stereocenters. The third kappa shape index (κ3) is 5.43. The van der Waals surface area contributed by atoms with Gasteiger partial charge in [-0.05, 0) is 31.6 Å². The average molecular weight is 268 g/mol. The molecule has 0 bridgehead atoms. The van der Waals surface area contributed by atoms with E-state index in [1.807, 2.05) is 0 Å². The molecule has 0 aliphatic carbocycles.